The zero-order chi connectivity index (χ0) is 13.5. The first-order chi connectivity index (χ1) is 8.61. The Bertz CT molecular complexity index is 224. The van der Waals surface area contributed by atoms with Gasteiger partial charge in [0, 0.05) is 22.0 Å². The van der Waals surface area contributed by atoms with Crippen molar-refractivity contribution in [1.29, 1.82) is 0 Å². The monoisotopic (exact) mass is 292 g/mol. The highest BCUT2D eigenvalue weighted by atomic mass is 32.2. The third-order valence-electron chi connectivity index (χ3n) is 3.92. The van der Waals surface area contributed by atoms with Crippen LogP contribution in [0.2, 0.25) is 0 Å². The van der Waals surface area contributed by atoms with Gasteiger partial charge in [0.2, 0.25) is 0 Å². The summed E-state index contributed by atoms with van der Waals surface area (Å²) in [6.45, 7) is 7.54. The Balaban J connectivity index is 2.70. The molecule has 4 unspecified atom stereocenters. The van der Waals surface area contributed by atoms with E-state index in [9.17, 15) is 0 Å². The van der Waals surface area contributed by atoms with Crippen molar-refractivity contribution in [3.05, 3.63) is 0 Å². The molecule has 4 heteroatoms. The summed E-state index contributed by atoms with van der Waals surface area (Å²) in [5.74, 6) is 3.89. The molecule has 0 bridgehead atoms. The molecule has 0 saturated heterocycles. The fraction of sp³-hybridized carbons (Fsp3) is 1.00. The van der Waals surface area contributed by atoms with Gasteiger partial charge in [-0.3, -0.25) is 0 Å². The maximum absolute atomic E-state index is 9.08. The number of aliphatic hydroxyl groups excluding tert-OH is 2. The van der Waals surface area contributed by atoms with E-state index in [0.29, 0.717) is 16.4 Å². The highest BCUT2D eigenvalue weighted by Gasteiger charge is 2.38. The third-order valence-corrected chi connectivity index (χ3v) is 7.10. The van der Waals surface area contributed by atoms with Gasteiger partial charge in [-0.05, 0) is 30.6 Å². The molecule has 1 aliphatic rings. The lowest BCUT2D eigenvalue weighted by molar-refractivity contribution is 0.250. The van der Waals surface area contributed by atoms with Crippen LogP contribution in [0.25, 0.3) is 0 Å². The van der Waals surface area contributed by atoms with Crippen molar-refractivity contribution >= 4 is 23.5 Å². The van der Waals surface area contributed by atoms with E-state index >= 15 is 0 Å². The van der Waals surface area contributed by atoms with Gasteiger partial charge in [0.25, 0.3) is 0 Å². The van der Waals surface area contributed by atoms with Crippen LogP contribution < -0.4 is 0 Å². The second-order valence-corrected chi connectivity index (χ2v) is 8.15. The molecule has 4 atom stereocenters. The number of aliphatic hydroxyl groups is 2. The molecular formula is C14H28O2S2. The molecule has 0 spiro atoms. The van der Waals surface area contributed by atoms with Crippen LogP contribution in [0.4, 0.5) is 0 Å². The molecule has 2 nitrogen and oxygen atoms in total. The van der Waals surface area contributed by atoms with E-state index in [1.165, 1.54) is 12.8 Å². The molecule has 2 N–H and O–H groups in total. The van der Waals surface area contributed by atoms with E-state index in [1.807, 2.05) is 23.5 Å². The molecule has 1 aliphatic carbocycles. The van der Waals surface area contributed by atoms with Gasteiger partial charge in [-0.25, -0.2) is 0 Å². The molecule has 0 radical (unpaired) electrons. The first-order valence-corrected chi connectivity index (χ1v) is 9.16. The smallest absolute Gasteiger partial charge is 0.0521 e. The average molecular weight is 293 g/mol. The molecule has 0 aliphatic heterocycles. The Hall–Kier alpha value is 0.620. The van der Waals surface area contributed by atoms with Crippen molar-refractivity contribution in [1.82, 2.24) is 0 Å². The predicted molar refractivity (Wildman–Crippen MR) is 83.4 cm³/mol. The van der Waals surface area contributed by atoms with Crippen molar-refractivity contribution in [2.24, 2.45) is 17.8 Å². The van der Waals surface area contributed by atoms with Crippen molar-refractivity contribution in [3.63, 3.8) is 0 Å². The van der Waals surface area contributed by atoms with E-state index < -0.39 is 0 Å². The molecule has 0 aromatic heterocycles. The normalized spacial score (nSPS) is 33.0. The molecule has 18 heavy (non-hydrogen) atoms. The molecule has 0 amide bonds. The van der Waals surface area contributed by atoms with Gasteiger partial charge in [-0.2, -0.15) is 23.5 Å². The summed E-state index contributed by atoms with van der Waals surface area (Å²) in [5.41, 5.74) is 0. The third kappa shape index (κ3) is 4.62. The van der Waals surface area contributed by atoms with Gasteiger partial charge in [0.1, 0.15) is 0 Å². The van der Waals surface area contributed by atoms with Gasteiger partial charge in [-0.1, -0.05) is 20.8 Å². The lowest BCUT2D eigenvalue weighted by Gasteiger charge is -2.43. The molecular weight excluding hydrogens is 264 g/mol. The standard InChI is InChI=1S/C14H28O2S2/c1-10(2)12-5-4-11(3)13(17-8-6-15)14(12)18-9-7-16/h10-16H,4-9H2,1-3H3. The molecule has 1 saturated carbocycles. The van der Waals surface area contributed by atoms with Gasteiger partial charge < -0.3 is 10.2 Å². The van der Waals surface area contributed by atoms with Crippen molar-refractivity contribution < 1.29 is 10.2 Å². The van der Waals surface area contributed by atoms with Crippen LogP contribution in [0, 0.1) is 17.8 Å². The zero-order valence-corrected chi connectivity index (χ0v) is 13.5. The van der Waals surface area contributed by atoms with Crippen molar-refractivity contribution in [2.75, 3.05) is 24.7 Å². The lowest BCUT2D eigenvalue weighted by Crippen LogP contribution is -2.41. The SMILES string of the molecule is CC(C)C1CCC(C)C(SCCO)C1SCCO. The Labute approximate surface area is 120 Å². The van der Waals surface area contributed by atoms with Gasteiger partial charge >= 0.3 is 0 Å². The number of hydrogen-bond acceptors (Lipinski definition) is 4. The molecule has 1 fully saturated rings. The van der Waals surface area contributed by atoms with Crippen molar-refractivity contribution in [3.8, 4) is 0 Å². The second kappa shape index (κ2) is 8.72. The quantitative estimate of drug-likeness (QED) is 0.757. The van der Waals surface area contributed by atoms with E-state index in [0.717, 1.165) is 23.3 Å². The van der Waals surface area contributed by atoms with Gasteiger partial charge in [-0.15, -0.1) is 0 Å². The molecule has 0 aromatic carbocycles. The number of hydrogen-bond donors (Lipinski definition) is 2. The summed E-state index contributed by atoms with van der Waals surface area (Å²) in [7, 11) is 0. The van der Waals surface area contributed by atoms with Crippen LogP contribution in [-0.4, -0.2) is 45.4 Å². The summed E-state index contributed by atoms with van der Waals surface area (Å²) in [5, 5.41) is 19.4. The summed E-state index contributed by atoms with van der Waals surface area (Å²) < 4.78 is 0. The lowest BCUT2D eigenvalue weighted by atomic mass is 9.77. The highest BCUT2D eigenvalue weighted by Crippen LogP contribution is 2.45. The van der Waals surface area contributed by atoms with Gasteiger partial charge in [0.05, 0.1) is 13.2 Å². The minimum Gasteiger partial charge on any atom is -0.396 e. The second-order valence-electron chi connectivity index (χ2n) is 5.58. The van der Waals surface area contributed by atoms with E-state index in [2.05, 4.69) is 20.8 Å². The fourth-order valence-corrected chi connectivity index (χ4v) is 6.16. The van der Waals surface area contributed by atoms with Crippen LogP contribution in [0.15, 0.2) is 0 Å². The maximum Gasteiger partial charge on any atom is 0.0521 e. The van der Waals surface area contributed by atoms with Crippen molar-refractivity contribution in [2.45, 2.75) is 44.1 Å². The van der Waals surface area contributed by atoms with Crippen LogP contribution >= 0.6 is 23.5 Å². The highest BCUT2D eigenvalue weighted by molar-refractivity contribution is 8.03. The summed E-state index contributed by atoms with van der Waals surface area (Å²) in [4.78, 5) is 0. The van der Waals surface area contributed by atoms with E-state index in [4.69, 9.17) is 10.2 Å². The molecule has 108 valence electrons. The first kappa shape index (κ1) is 16.7. The molecule has 1 rings (SSSR count). The Morgan fingerprint density at radius 3 is 2.06 bits per heavy atom. The average Bonchev–Trinajstić information content (AvgIpc) is 2.34. The fourth-order valence-electron chi connectivity index (χ4n) is 2.92. The summed E-state index contributed by atoms with van der Waals surface area (Å²) in [6.07, 6.45) is 2.63. The van der Waals surface area contributed by atoms with Crippen LogP contribution in [0.5, 0.6) is 0 Å². The van der Waals surface area contributed by atoms with E-state index in [1.54, 1.807) is 0 Å². The maximum atomic E-state index is 9.08. The summed E-state index contributed by atoms with van der Waals surface area (Å²) in [6, 6.07) is 0. The molecule has 0 aromatic rings. The van der Waals surface area contributed by atoms with Gasteiger partial charge in [0.15, 0.2) is 0 Å². The Morgan fingerprint density at radius 1 is 1.00 bits per heavy atom. The minimum absolute atomic E-state index is 0.275. The first-order valence-electron chi connectivity index (χ1n) is 7.06. The van der Waals surface area contributed by atoms with Crippen LogP contribution in [-0.2, 0) is 0 Å². The molecule has 0 heterocycles. The van der Waals surface area contributed by atoms with E-state index in [-0.39, 0.29) is 13.2 Å². The summed E-state index contributed by atoms with van der Waals surface area (Å²) >= 11 is 3.88. The Morgan fingerprint density at radius 2 is 1.56 bits per heavy atom. The van der Waals surface area contributed by atoms with Crippen LogP contribution in [0.1, 0.15) is 33.6 Å². The van der Waals surface area contributed by atoms with Crippen LogP contribution in [0.3, 0.4) is 0 Å². The predicted octanol–water partition coefficient (Wildman–Crippen LogP) is 2.88. The Kier molecular flexibility index (Phi) is 8.08. The minimum atomic E-state index is 0.275. The topological polar surface area (TPSA) is 40.5 Å². The number of thioether (sulfide) groups is 2. The number of rotatable bonds is 7. The zero-order valence-electron chi connectivity index (χ0n) is 11.8. The largest absolute Gasteiger partial charge is 0.396 e.